The molecule has 0 radical (unpaired) electrons. The molecule has 2 atom stereocenters. The van der Waals surface area contributed by atoms with Gasteiger partial charge >= 0.3 is 0 Å². The molecule has 0 bridgehead atoms. The van der Waals surface area contributed by atoms with E-state index in [9.17, 15) is 0 Å². The predicted octanol–water partition coefficient (Wildman–Crippen LogP) is 1.87. The first-order valence-corrected chi connectivity index (χ1v) is 6.95. The molecule has 18 heavy (non-hydrogen) atoms. The second-order valence-electron chi connectivity index (χ2n) is 5.07. The second kappa shape index (κ2) is 6.81. The molecule has 1 aliphatic heterocycles. The van der Waals surface area contributed by atoms with Crippen molar-refractivity contribution < 1.29 is 4.74 Å². The third-order valence-corrected chi connectivity index (χ3v) is 3.47. The first kappa shape index (κ1) is 13.4. The highest BCUT2D eigenvalue weighted by Gasteiger charge is 2.15. The van der Waals surface area contributed by atoms with Gasteiger partial charge in [0.25, 0.3) is 0 Å². The lowest BCUT2D eigenvalue weighted by molar-refractivity contribution is 0.0156. The van der Waals surface area contributed by atoms with Crippen LogP contribution in [0, 0.1) is 0 Å². The van der Waals surface area contributed by atoms with Crippen LogP contribution in [0.2, 0.25) is 0 Å². The third kappa shape index (κ3) is 4.03. The average Bonchev–Trinajstić information content (AvgIpc) is 2.42. The van der Waals surface area contributed by atoms with Crippen molar-refractivity contribution in [1.29, 1.82) is 0 Å². The lowest BCUT2D eigenvalue weighted by Crippen LogP contribution is -2.23. The van der Waals surface area contributed by atoms with E-state index in [1.165, 1.54) is 12.8 Å². The maximum atomic E-state index is 5.92. The molecular formula is C14H23N3O. The average molecular weight is 249 g/mol. The Morgan fingerprint density at radius 1 is 1.39 bits per heavy atom. The summed E-state index contributed by atoms with van der Waals surface area (Å²) in [4.78, 5) is 8.83. The Bertz CT molecular complexity index is 347. The van der Waals surface area contributed by atoms with Crippen molar-refractivity contribution in [1.82, 2.24) is 9.97 Å². The molecule has 0 aromatic carbocycles. The first-order chi connectivity index (χ1) is 8.78. The van der Waals surface area contributed by atoms with E-state index in [1.807, 2.05) is 12.4 Å². The van der Waals surface area contributed by atoms with Crippen LogP contribution in [0.3, 0.4) is 0 Å². The summed E-state index contributed by atoms with van der Waals surface area (Å²) < 4.78 is 5.69. The second-order valence-corrected chi connectivity index (χ2v) is 5.07. The molecule has 2 heterocycles. The zero-order valence-corrected chi connectivity index (χ0v) is 11.1. The molecule has 4 nitrogen and oxygen atoms in total. The van der Waals surface area contributed by atoms with E-state index in [4.69, 9.17) is 10.5 Å². The van der Waals surface area contributed by atoms with Crippen LogP contribution in [-0.2, 0) is 17.6 Å². The highest BCUT2D eigenvalue weighted by molar-refractivity contribution is 5.07. The van der Waals surface area contributed by atoms with Crippen LogP contribution in [0.4, 0.5) is 0 Å². The molecule has 100 valence electrons. The molecule has 0 spiro atoms. The van der Waals surface area contributed by atoms with Crippen LogP contribution in [-0.4, -0.2) is 28.7 Å². The van der Waals surface area contributed by atoms with Gasteiger partial charge in [0.1, 0.15) is 5.82 Å². The van der Waals surface area contributed by atoms with Crippen LogP contribution in [0.1, 0.15) is 44.0 Å². The van der Waals surface area contributed by atoms with Gasteiger partial charge in [-0.05, 0) is 37.7 Å². The molecule has 2 rings (SSSR count). The molecule has 2 unspecified atom stereocenters. The van der Waals surface area contributed by atoms with Crippen LogP contribution in [0.25, 0.3) is 0 Å². The molecule has 0 aliphatic carbocycles. The minimum Gasteiger partial charge on any atom is -0.378 e. The van der Waals surface area contributed by atoms with Crippen LogP contribution < -0.4 is 5.73 Å². The molecule has 1 fully saturated rings. The summed E-state index contributed by atoms with van der Waals surface area (Å²) in [5.41, 5.74) is 7.04. The number of nitrogens with two attached hydrogens (primary N) is 1. The summed E-state index contributed by atoms with van der Waals surface area (Å²) >= 11 is 0. The molecule has 1 saturated heterocycles. The van der Waals surface area contributed by atoms with Gasteiger partial charge in [0.05, 0.1) is 6.10 Å². The molecule has 1 aromatic rings. The number of aromatic nitrogens is 2. The van der Waals surface area contributed by atoms with E-state index in [0.717, 1.165) is 43.7 Å². The van der Waals surface area contributed by atoms with E-state index in [0.29, 0.717) is 6.10 Å². The van der Waals surface area contributed by atoms with E-state index in [2.05, 4.69) is 16.9 Å². The summed E-state index contributed by atoms with van der Waals surface area (Å²) in [7, 11) is 0. The minimum atomic E-state index is 0.209. The Labute approximate surface area is 109 Å². The number of ether oxygens (including phenoxy) is 1. The van der Waals surface area contributed by atoms with Crippen molar-refractivity contribution in [3.8, 4) is 0 Å². The topological polar surface area (TPSA) is 61.0 Å². The quantitative estimate of drug-likeness (QED) is 0.865. The van der Waals surface area contributed by atoms with E-state index in [1.54, 1.807) is 0 Å². The van der Waals surface area contributed by atoms with Gasteiger partial charge in [0.15, 0.2) is 0 Å². The van der Waals surface area contributed by atoms with E-state index in [-0.39, 0.29) is 6.04 Å². The summed E-state index contributed by atoms with van der Waals surface area (Å²) in [6.45, 7) is 2.98. The van der Waals surface area contributed by atoms with E-state index < -0.39 is 0 Å². The Hall–Kier alpha value is -1.00. The van der Waals surface area contributed by atoms with Crippen molar-refractivity contribution in [2.75, 3.05) is 6.61 Å². The van der Waals surface area contributed by atoms with Gasteiger partial charge in [-0.2, -0.15) is 0 Å². The summed E-state index contributed by atoms with van der Waals surface area (Å²) in [6.07, 6.45) is 10.4. The lowest BCUT2D eigenvalue weighted by atomic mass is 10.1. The monoisotopic (exact) mass is 249 g/mol. The first-order valence-electron chi connectivity index (χ1n) is 6.95. The fourth-order valence-corrected chi connectivity index (χ4v) is 2.21. The van der Waals surface area contributed by atoms with Crippen LogP contribution in [0.15, 0.2) is 12.4 Å². The SMILES string of the molecule is CCC(N)Cc1cnc(CC2CCCCO2)nc1. The fraction of sp³-hybridized carbons (Fsp3) is 0.714. The van der Waals surface area contributed by atoms with Gasteiger partial charge in [0, 0.05) is 31.5 Å². The summed E-state index contributed by atoms with van der Waals surface area (Å²) in [5, 5.41) is 0. The molecular weight excluding hydrogens is 226 g/mol. The molecule has 2 N–H and O–H groups in total. The molecule has 0 amide bonds. The van der Waals surface area contributed by atoms with Gasteiger partial charge < -0.3 is 10.5 Å². The summed E-state index contributed by atoms with van der Waals surface area (Å²) in [5.74, 6) is 0.885. The zero-order chi connectivity index (χ0) is 12.8. The predicted molar refractivity (Wildman–Crippen MR) is 71.3 cm³/mol. The number of nitrogens with zero attached hydrogens (tertiary/aromatic N) is 2. The highest BCUT2D eigenvalue weighted by Crippen LogP contribution is 2.15. The van der Waals surface area contributed by atoms with Gasteiger partial charge in [-0.3, -0.25) is 0 Å². The molecule has 0 saturated carbocycles. The van der Waals surface area contributed by atoms with Crippen LogP contribution in [0.5, 0.6) is 0 Å². The van der Waals surface area contributed by atoms with Crippen molar-refractivity contribution in [3.05, 3.63) is 23.8 Å². The lowest BCUT2D eigenvalue weighted by Gasteiger charge is -2.21. The molecule has 1 aliphatic rings. The Morgan fingerprint density at radius 3 is 2.78 bits per heavy atom. The zero-order valence-electron chi connectivity index (χ0n) is 11.1. The number of rotatable bonds is 5. The van der Waals surface area contributed by atoms with Crippen molar-refractivity contribution >= 4 is 0 Å². The van der Waals surface area contributed by atoms with Crippen molar-refractivity contribution in [2.45, 2.75) is 57.6 Å². The standard InChI is InChI=1S/C14H23N3O/c1-2-12(15)7-11-9-16-14(17-10-11)8-13-5-3-4-6-18-13/h9-10,12-13H,2-8,15H2,1H3. The van der Waals surface area contributed by atoms with Gasteiger partial charge in [-0.15, -0.1) is 0 Å². The van der Waals surface area contributed by atoms with E-state index >= 15 is 0 Å². The fourth-order valence-electron chi connectivity index (χ4n) is 2.21. The third-order valence-electron chi connectivity index (χ3n) is 3.47. The molecule has 1 aromatic heterocycles. The smallest absolute Gasteiger partial charge is 0.130 e. The van der Waals surface area contributed by atoms with Crippen molar-refractivity contribution in [2.24, 2.45) is 5.73 Å². The Balaban J connectivity index is 1.86. The Kier molecular flexibility index (Phi) is 5.08. The number of hydrogen-bond acceptors (Lipinski definition) is 4. The summed E-state index contributed by atoms with van der Waals surface area (Å²) in [6, 6.07) is 0.209. The van der Waals surface area contributed by atoms with Gasteiger partial charge in [-0.1, -0.05) is 6.92 Å². The van der Waals surface area contributed by atoms with Crippen molar-refractivity contribution in [3.63, 3.8) is 0 Å². The van der Waals surface area contributed by atoms with Gasteiger partial charge in [0.2, 0.25) is 0 Å². The largest absolute Gasteiger partial charge is 0.378 e. The minimum absolute atomic E-state index is 0.209. The van der Waals surface area contributed by atoms with Gasteiger partial charge in [-0.25, -0.2) is 9.97 Å². The maximum absolute atomic E-state index is 5.92. The normalized spacial score (nSPS) is 21.8. The highest BCUT2D eigenvalue weighted by atomic mass is 16.5. The maximum Gasteiger partial charge on any atom is 0.130 e. The Morgan fingerprint density at radius 2 is 2.17 bits per heavy atom. The number of hydrogen-bond donors (Lipinski definition) is 1. The molecule has 4 heteroatoms. The van der Waals surface area contributed by atoms with Crippen LogP contribution >= 0.6 is 0 Å².